The SMILES string of the molecule is CSc1sc(C(=N)N)cc1S(=O)(=O)c1cccc(N2CCNCC2)c1. The molecule has 9 heteroatoms. The van der Waals surface area contributed by atoms with Gasteiger partial charge in [-0.25, -0.2) is 8.42 Å². The van der Waals surface area contributed by atoms with Crippen molar-refractivity contribution in [3.05, 3.63) is 35.2 Å². The first-order valence-corrected chi connectivity index (χ1v) is 11.3. The number of benzene rings is 1. The predicted octanol–water partition coefficient (Wildman–Crippen LogP) is 2.00. The second kappa shape index (κ2) is 7.36. The standard InChI is InChI=1S/C16H20N4O2S3/c1-23-16-14(10-13(24-16)15(17)18)25(21,22)12-4-2-3-11(9-12)20-7-5-19-6-8-20/h2-4,9-10,19H,5-8H2,1H3,(H3,17,18). The van der Waals surface area contributed by atoms with E-state index in [1.54, 1.807) is 18.2 Å². The van der Waals surface area contributed by atoms with Gasteiger partial charge in [-0.3, -0.25) is 5.41 Å². The lowest BCUT2D eigenvalue weighted by molar-refractivity contribution is 0.587. The highest BCUT2D eigenvalue weighted by atomic mass is 32.2. The molecule has 0 bridgehead atoms. The third-order valence-electron chi connectivity index (χ3n) is 4.02. The van der Waals surface area contributed by atoms with E-state index in [0.717, 1.165) is 31.9 Å². The summed E-state index contributed by atoms with van der Waals surface area (Å²) in [6.07, 6.45) is 1.83. The van der Waals surface area contributed by atoms with Crippen LogP contribution in [0.5, 0.6) is 0 Å². The molecule has 134 valence electrons. The Morgan fingerprint density at radius 2 is 2.04 bits per heavy atom. The van der Waals surface area contributed by atoms with Gasteiger partial charge in [-0.15, -0.1) is 23.1 Å². The summed E-state index contributed by atoms with van der Waals surface area (Å²) >= 11 is 2.59. The van der Waals surface area contributed by atoms with Gasteiger partial charge in [0.05, 0.1) is 18.9 Å². The fraction of sp³-hybridized carbons (Fsp3) is 0.312. The molecular weight excluding hydrogens is 376 g/mol. The highest BCUT2D eigenvalue weighted by Crippen LogP contribution is 2.37. The Bertz CT molecular complexity index is 887. The Balaban J connectivity index is 2.01. The Kier molecular flexibility index (Phi) is 5.38. The van der Waals surface area contributed by atoms with Crippen molar-refractivity contribution >= 4 is 44.5 Å². The summed E-state index contributed by atoms with van der Waals surface area (Å²) in [5, 5.41) is 10.9. The molecule has 0 radical (unpaired) electrons. The lowest BCUT2D eigenvalue weighted by Crippen LogP contribution is -2.43. The van der Waals surface area contributed by atoms with Crippen molar-refractivity contribution in [2.45, 2.75) is 14.0 Å². The number of sulfone groups is 1. The lowest BCUT2D eigenvalue weighted by atomic mass is 10.2. The number of thioether (sulfide) groups is 1. The Labute approximate surface area is 155 Å². The molecule has 1 aromatic carbocycles. The van der Waals surface area contributed by atoms with Crippen LogP contribution in [0.2, 0.25) is 0 Å². The highest BCUT2D eigenvalue weighted by Gasteiger charge is 2.25. The van der Waals surface area contributed by atoms with Crippen molar-refractivity contribution < 1.29 is 8.42 Å². The van der Waals surface area contributed by atoms with E-state index in [0.29, 0.717) is 9.09 Å². The molecule has 0 unspecified atom stereocenters. The normalized spacial score (nSPS) is 15.3. The van der Waals surface area contributed by atoms with Crippen molar-refractivity contribution in [3.8, 4) is 0 Å². The van der Waals surface area contributed by atoms with Crippen molar-refractivity contribution in [3.63, 3.8) is 0 Å². The van der Waals surface area contributed by atoms with E-state index >= 15 is 0 Å². The van der Waals surface area contributed by atoms with E-state index in [2.05, 4.69) is 10.2 Å². The van der Waals surface area contributed by atoms with Crippen LogP contribution in [0.4, 0.5) is 5.69 Å². The summed E-state index contributed by atoms with van der Waals surface area (Å²) in [6.45, 7) is 3.49. The van der Waals surface area contributed by atoms with Crippen molar-refractivity contribution in [2.24, 2.45) is 5.73 Å². The number of rotatable bonds is 5. The fourth-order valence-electron chi connectivity index (χ4n) is 2.72. The summed E-state index contributed by atoms with van der Waals surface area (Å²) < 4.78 is 26.9. The lowest BCUT2D eigenvalue weighted by Gasteiger charge is -2.29. The molecule has 1 aliphatic heterocycles. The molecule has 2 aromatic rings. The molecule has 1 aromatic heterocycles. The van der Waals surface area contributed by atoms with Crippen LogP contribution in [0.15, 0.2) is 44.3 Å². The van der Waals surface area contributed by atoms with Gasteiger partial charge in [-0.1, -0.05) is 6.07 Å². The maximum Gasteiger partial charge on any atom is 0.208 e. The smallest absolute Gasteiger partial charge is 0.208 e. The van der Waals surface area contributed by atoms with Crippen molar-refractivity contribution in [1.82, 2.24) is 5.32 Å². The molecule has 4 N–H and O–H groups in total. The number of nitrogens with two attached hydrogens (primary N) is 1. The fourth-order valence-corrected chi connectivity index (χ4v) is 6.61. The van der Waals surface area contributed by atoms with Gasteiger partial charge in [0.1, 0.15) is 5.84 Å². The predicted molar refractivity (Wildman–Crippen MR) is 104 cm³/mol. The summed E-state index contributed by atoms with van der Waals surface area (Å²) in [5.41, 5.74) is 6.44. The summed E-state index contributed by atoms with van der Waals surface area (Å²) in [6, 6.07) is 8.58. The first-order valence-electron chi connectivity index (χ1n) is 7.76. The number of nitrogens with one attached hydrogen (secondary N) is 2. The number of nitrogens with zero attached hydrogens (tertiary/aromatic N) is 1. The van der Waals surface area contributed by atoms with E-state index in [-0.39, 0.29) is 15.6 Å². The number of nitrogen functional groups attached to an aromatic ring is 1. The molecule has 0 amide bonds. The molecule has 6 nitrogen and oxygen atoms in total. The van der Waals surface area contributed by atoms with Gasteiger partial charge >= 0.3 is 0 Å². The van der Waals surface area contributed by atoms with Crippen LogP contribution in [-0.4, -0.2) is 46.7 Å². The summed E-state index contributed by atoms with van der Waals surface area (Å²) in [5.74, 6) is -0.115. The summed E-state index contributed by atoms with van der Waals surface area (Å²) in [4.78, 5) is 3.15. The zero-order valence-corrected chi connectivity index (χ0v) is 16.2. The van der Waals surface area contributed by atoms with Crippen LogP contribution >= 0.6 is 23.1 Å². The first-order chi connectivity index (χ1) is 11.9. The van der Waals surface area contributed by atoms with Gasteiger partial charge in [-0.2, -0.15) is 0 Å². The van der Waals surface area contributed by atoms with E-state index in [4.69, 9.17) is 11.1 Å². The maximum absolute atomic E-state index is 13.1. The molecule has 1 fully saturated rings. The Morgan fingerprint density at radius 1 is 1.32 bits per heavy atom. The van der Waals surface area contributed by atoms with Gasteiger partial charge in [0.2, 0.25) is 9.84 Å². The van der Waals surface area contributed by atoms with Crippen LogP contribution in [0.1, 0.15) is 4.88 Å². The third kappa shape index (κ3) is 3.69. The van der Waals surface area contributed by atoms with Crippen LogP contribution in [0.25, 0.3) is 0 Å². The minimum atomic E-state index is -3.66. The van der Waals surface area contributed by atoms with Crippen LogP contribution in [-0.2, 0) is 9.84 Å². The topological polar surface area (TPSA) is 99.3 Å². The molecule has 0 spiro atoms. The Morgan fingerprint density at radius 3 is 2.68 bits per heavy atom. The van der Waals surface area contributed by atoms with Crippen molar-refractivity contribution in [1.29, 1.82) is 5.41 Å². The molecule has 1 saturated heterocycles. The molecule has 3 rings (SSSR count). The van der Waals surface area contributed by atoms with Crippen LogP contribution < -0.4 is 16.0 Å². The number of amidine groups is 1. The first kappa shape index (κ1) is 18.2. The zero-order valence-electron chi connectivity index (χ0n) is 13.8. The number of thiophene rings is 1. The molecule has 0 saturated carbocycles. The van der Waals surface area contributed by atoms with Crippen LogP contribution in [0.3, 0.4) is 0 Å². The van der Waals surface area contributed by atoms with E-state index < -0.39 is 9.84 Å². The maximum atomic E-state index is 13.1. The van der Waals surface area contributed by atoms with Gasteiger partial charge in [0.25, 0.3) is 0 Å². The van der Waals surface area contributed by atoms with E-state index in [9.17, 15) is 8.42 Å². The minimum absolute atomic E-state index is 0.115. The molecule has 1 aliphatic rings. The average molecular weight is 397 g/mol. The molecule has 0 aliphatic carbocycles. The number of anilines is 1. The van der Waals surface area contributed by atoms with Gasteiger partial charge in [-0.05, 0) is 30.5 Å². The second-order valence-electron chi connectivity index (χ2n) is 5.62. The molecule has 2 heterocycles. The quantitative estimate of drug-likeness (QED) is 0.406. The van der Waals surface area contributed by atoms with Gasteiger partial charge in [0.15, 0.2) is 0 Å². The largest absolute Gasteiger partial charge is 0.383 e. The highest BCUT2D eigenvalue weighted by molar-refractivity contribution is 8.01. The number of hydrogen-bond acceptors (Lipinski definition) is 7. The third-order valence-corrected chi connectivity index (χ3v) is 8.35. The second-order valence-corrected chi connectivity index (χ2v) is 9.66. The molecule has 0 atom stereocenters. The number of hydrogen-bond donors (Lipinski definition) is 3. The van der Waals surface area contributed by atoms with Crippen molar-refractivity contribution in [2.75, 3.05) is 37.3 Å². The monoisotopic (exact) mass is 396 g/mol. The molecular formula is C16H20N4O2S3. The molecule has 25 heavy (non-hydrogen) atoms. The van der Waals surface area contributed by atoms with Gasteiger partial charge in [0, 0.05) is 31.9 Å². The Hall–Kier alpha value is -1.55. The minimum Gasteiger partial charge on any atom is -0.383 e. The van der Waals surface area contributed by atoms with Crippen LogP contribution in [0, 0.1) is 5.41 Å². The summed E-state index contributed by atoms with van der Waals surface area (Å²) in [7, 11) is -3.66. The average Bonchev–Trinajstić information content (AvgIpc) is 3.08. The van der Waals surface area contributed by atoms with Gasteiger partial charge < -0.3 is 16.0 Å². The number of piperazine rings is 1. The zero-order chi connectivity index (χ0) is 18.0. The van der Waals surface area contributed by atoms with E-state index in [1.807, 2.05) is 12.3 Å². The van der Waals surface area contributed by atoms with E-state index in [1.165, 1.54) is 29.2 Å².